The van der Waals surface area contributed by atoms with Gasteiger partial charge in [0.05, 0.1) is 6.10 Å². The van der Waals surface area contributed by atoms with Crippen LogP contribution in [0.15, 0.2) is 0 Å². The third-order valence-electron chi connectivity index (χ3n) is 3.25. The summed E-state index contributed by atoms with van der Waals surface area (Å²) in [5.74, 6) is 0.563. The van der Waals surface area contributed by atoms with E-state index < -0.39 is 6.10 Å². The van der Waals surface area contributed by atoms with Crippen LogP contribution in [0.2, 0.25) is 0 Å². The lowest BCUT2D eigenvalue weighted by atomic mass is 9.84. The summed E-state index contributed by atoms with van der Waals surface area (Å²) in [5, 5.41) is 9.21. The molecule has 0 aromatic rings. The zero-order valence-electron chi connectivity index (χ0n) is 10.4. The van der Waals surface area contributed by atoms with E-state index in [-0.39, 0.29) is 11.9 Å². The van der Waals surface area contributed by atoms with Gasteiger partial charge in [0.25, 0.3) is 0 Å². The second-order valence-corrected chi connectivity index (χ2v) is 5.12. The standard InChI is InChI=1S/C12H24N2O2/c1-9(15)8-14(2)12(16)7-10-4-3-5-11(13)6-10/h9-11,15H,3-8,13H2,1-2H3. The van der Waals surface area contributed by atoms with Gasteiger partial charge in [-0.1, -0.05) is 6.42 Å². The van der Waals surface area contributed by atoms with Gasteiger partial charge in [-0.2, -0.15) is 0 Å². The lowest BCUT2D eigenvalue weighted by Gasteiger charge is -2.28. The molecular formula is C12H24N2O2. The van der Waals surface area contributed by atoms with Crippen LogP contribution in [-0.2, 0) is 4.79 Å². The Morgan fingerprint density at radius 2 is 2.25 bits per heavy atom. The van der Waals surface area contributed by atoms with Crippen LogP contribution >= 0.6 is 0 Å². The molecule has 0 aromatic carbocycles. The fraction of sp³-hybridized carbons (Fsp3) is 0.917. The quantitative estimate of drug-likeness (QED) is 0.745. The molecule has 1 fully saturated rings. The van der Waals surface area contributed by atoms with Gasteiger partial charge in [0.1, 0.15) is 0 Å². The number of nitrogens with zero attached hydrogens (tertiary/aromatic N) is 1. The fourth-order valence-corrected chi connectivity index (χ4v) is 2.42. The molecule has 94 valence electrons. The predicted molar refractivity (Wildman–Crippen MR) is 63.9 cm³/mol. The number of rotatable bonds is 4. The molecule has 1 rings (SSSR count). The Balaban J connectivity index is 2.32. The Morgan fingerprint density at radius 3 is 2.81 bits per heavy atom. The first-order valence-corrected chi connectivity index (χ1v) is 6.16. The van der Waals surface area contributed by atoms with Crippen LogP contribution in [0.25, 0.3) is 0 Å². The van der Waals surface area contributed by atoms with Crippen molar-refractivity contribution in [3.8, 4) is 0 Å². The lowest BCUT2D eigenvalue weighted by Crippen LogP contribution is -2.36. The van der Waals surface area contributed by atoms with Crippen molar-refractivity contribution in [2.75, 3.05) is 13.6 Å². The molecule has 1 aliphatic rings. The molecule has 3 unspecified atom stereocenters. The second-order valence-electron chi connectivity index (χ2n) is 5.12. The van der Waals surface area contributed by atoms with Crippen molar-refractivity contribution in [2.45, 2.75) is 51.2 Å². The molecule has 1 amide bonds. The average Bonchev–Trinajstić information content (AvgIpc) is 2.16. The molecule has 0 bridgehead atoms. The highest BCUT2D eigenvalue weighted by Gasteiger charge is 2.23. The summed E-state index contributed by atoms with van der Waals surface area (Å²) in [6.45, 7) is 2.11. The minimum Gasteiger partial charge on any atom is -0.392 e. The van der Waals surface area contributed by atoms with E-state index in [0.717, 1.165) is 25.7 Å². The van der Waals surface area contributed by atoms with E-state index in [1.54, 1.807) is 18.9 Å². The van der Waals surface area contributed by atoms with Gasteiger partial charge < -0.3 is 15.7 Å². The molecule has 1 aliphatic carbocycles. The summed E-state index contributed by atoms with van der Waals surface area (Å²) >= 11 is 0. The molecular weight excluding hydrogens is 204 g/mol. The van der Waals surface area contributed by atoms with E-state index in [1.165, 1.54) is 0 Å². The summed E-state index contributed by atoms with van der Waals surface area (Å²) < 4.78 is 0. The smallest absolute Gasteiger partial charge is 0.222 e. The molecule has 0 aliphatic heterocycles. The summed E-state index contributed by atoms with van der Waals surface area (Å²) in [7, 11) is 1.75. The minimum absolute atomic E-state index is 0.125. The summed E-state index contributed by atoms with van der Waals surface area (Å²) in [6, 6.07) is 0.272. The SMILES string of the molecule is CC(O)CN(C)C(=O)CC1CCCC(N)C1. The highest BCUT2D eigenvalue weighted by Crippen LogP contribution is 2.26. The average molecular weight is 228 g/mol. The molecule has 0 heterocycles. The topological polar surface area (TPSA) is 66.6 Å². The number of carbonyl (C=O) groups excluding carboxylic acids is 1. The Bertz CT molecular complexity index is 231. The third kappa shape index (κ3) is 4.49. The second kappa shape index (κ2) is 6.21. The van der Waals surface area contributed by atoms with E-state index >= 15 is 0 Å². The number of likely N-dealkylation sites (N-methyl/N-ethyl adjacent to an activating group) is 1. The molecule has 0 spiro atoms. The number of carbonyl (C=O) groups is 1. The number of hydrogen-bond acceptors (Lipinski definition) is 3. The molecule has 4 nitrogen and oxygen atoms in total. The Morgan fingerprint density at radius 1 is 1.56 bits per heavy atom. The first-order chi connectivity index (χ1) is 7.49. The van der Waals surface area contributed by atoms with Crippen molar-refractivity contribution in [3.63, 3.8) is 0 Å². The predicted octanol–water partition coefficient (Wildman–Crippen LogP) is 0.733. The highest BCUT2D eigenvalue weighted by molar-refractivity contribution is 5.76. The largest absolute Gasteiger partial charge is 0.392 e. The van der Waals surface area contributed by atoms with Crippen LogP contribution < -0.4 is 5.73 Å². The summed E-state index contributed by atoms with van der Waals surface area (Å²) in [5.41, 5.74) is 5.89. The van der Waals surface area contributed by atoms with Crippen LogP contribution in [0.5, 0.6) is 0 Å². The van der Waals surface area contributed by atoms with Crippen LogP contribution in [0.1, 0.15) is 39.0 Å². The zero-order valence-corrected chi connectivity index (χ0v) is 10.4. The maximum atomic E-state index is 11.8. The Kier molecular flexibility index (Phi) is 5.22. The first-order valence-electron chi connectivity index (χ1n) is 6.16. The third-order valence-corrected chi connectivity index (χ3v) is 3.25. The van der Waals surface area contributed by atoms with Crippen molar-refractivity contribution >= 4 is 5.91 Å². The van der Waals surface area contributed by atoms with Crippen LogP contribution in [0.4, 0.5) is 0 Å². The van der Waals surface area contributed by atoms with E-state index in [2.05, 4.69) is 0 Å². The number of aliphatic hydroxyl groups excluding tert-OH is 1. The fourth-order valence-electron chi connectivity index (χ4n) is 2.42. The number of hydrogen-bond donors (Lipinski definition) is 2. The van der Waals surface area contributed by atoms with Gasteiger partial charge >= 0.3 is 0 Å². The van der Waals surface area contributed by atoms with E-state index in [4.69, 9.17) is 5.73 Å². The normalized spacial score (nSPS) is 27.5. The molecule has 1 saturated carbocycles. The van der Waals surface area contributed by atoms with Gasteiger partial charge in [-0.05, 0) is 32.1 Å². The van der Waals surface area contributed by atoms with Gasteiger partial charge in [0.2, 0.25) is 5.91 Å². The summed E-state index contributed by atoms with van der Waals surface area (Å²) in [4.78, 5) is 13.4. The van der Waals surface area contributed by atoms with Gasteiger partial charge in [0.15, 0.2) is 0 Å². The van der Waals surface area contributed by atoms with Gasteiger partial charge in [-0.3, -0.25) is 4.79 Å². The molecule has 3 N–H and O–H groups in total. The molecule has 0 saturated heterocycles. The Labute approximate surface area is 97.8 Å². The van der Waals surface area contributed by atoms with Crippen molar-refractivity contribution in [3.05, 3.63) is 0 Å². The number of amides is 1. The van der Waals surface area contributed by atoms with E-state index in [9.17, 15) is 9.90 Å². The van der Waals surface area contributed by atoms with Crippen molar-refractivity contribution in [1.29, 1.82) is 0 Å². The van der Waals surface area contributed by atoms with Crippen molar-refractivity contribution in [2.24, 2.45) is 11.7 Å². The van der Waals surface area contributed by atoms with E-state index in [1.807, 2.05) is 0 Å². The van der Waals surface area contributed by atoms with Gasteiger partial charge in [-0.15, -0.1) is 0 Å². The molecule has 4 heteroatoms. The van der Waals surface area contributed by atoms with Crippen molar-refractivity contribution < 1.29 is 9.90 Å². The lowest BCUT2D eigenvalue weighted by molar-refractivity contribution is -0.132. The molecule has 3 atom stereocenters. The van der Waals surface area contributed by atoms with Crippen molar-refractivity contribution in [1.82, 2.24) is 4.90 Å². The summed E-state index contributed by atoms with van der Waals surface area (Å²) in [6.07, 6.45) is 4.43. The minimum atomic E-state index is -0.456. The zero-order chi connectivity index (χ0) is 12.1. The molecule has 0 radical (unpaired) electrons. The number of nitrogens with two attached hydrogens (primary N) is 1. The highest BCUT2D eigenvalue weighted by atomic mass is 16.3. The maximum Gasteiger partial charge on any atom is 0.222 e. The maximum absolute atomic E-state index is 11.8. The van der Waals surface area contributed by atoms with Gasteiger partial charge in [0, 0.05) is 26.1 Å². The van der Waals surface area contributed by atoms with E-state index in [0.29, 0.717) is 18.9 Å². The van der Waals surface area contributed by atoms with Crippen LogP contribution in [0, 0.1) is 5.92 Å². The molecule has 0 aromatic heterocycles. The molecule has 16 heavy (non-hydrogen) atoms. The van der Waals surface area contributed by atoms with Gasteiger partial charge in [-0.25, -0.2) is 0 Å². The first kappa shape index (κ1) is 13.5. The number of aliphatic hydroxyl groups is 1. The monoisotopic (exact) mass is 228 g/mol. The van der Waals surface area contributed by atoms with Crippen LogP contribution in [-0.4, -0.2) is 41.7 Å². The Hall–Kier alpha value is -0.610. The van der Waals surface area contributed by atoms with Crippen LogP contribution in [0.3, 0.4) is 0 Å².